The van der Waals surface area contributed by atoms with Gasteiger partial charge < -0.3 is 14.6 Å². The van der Waals surface area contributed by atoms with Crippen LogP contribution < -0.4 is 5.32 Å². The van der Waals surface area contributed by atoms with Crippen molar-refractivity contribution >= 4 is 5.91 Å². The van der Waals surface area contributed by atoms with E-state index in [4.69, 9.17) is 4.42 Å². The maximum absolute atomic E-state index is 12.5. The van der Waals surface area contributed by atoms with Crippen LogP contribution in [0.25, 0.3) is 0 Å². The highest BCUT2D eigenvalue weighted by atomic mass is 16.3. The van der Waals surface area contributed by atoms with Gasteiger partial charge in [0.05, 0.1) is 5.56 Å². The van der Waals surface area contributed by atoms with Crippen LogP contribution in [0.5, 0.6) is 0 Å². The number of carbonyl (C=O) groups excluding carboxylic acids is 1. The normalized spacial score (nSPS) is 19.4. The minimum atomic E-state index is 0.0890. The Balaban J connectivity index is 1.99. The van der Waals surface area contributed by atoms with Crippen molar-refractivity contribution in [2.24, 2.45) is 0 Å². The molecule has 2 heterocycles. The molecule has 4 nitrogen and oxygen atoms in total. The quantitative estimate of drug-likeness (QED) is 0.889. The maximum atomic E-state index is 12.5. The van der Waals surface area contributed by atoms with E-state index in [-0.39, 0.29) is 5.91 Å². The lowest BCUT2D eigenvalue weighted by Gasteiger charge is -2.30. The number of nitrogens with zero attached hydrogens (tertiary/aromatic N) is 1. The highest BCUT2D eigenvalue weighted by Gasteiger charge is 2.21. The number of nitrogens with one attached hydrogen (secondary N) is 1. The minimum Gasteiger partial charge on any atom is -0.469 e. The molecule has 1 amide bonds. The van der Waals surface area contributed by atoms with E-state index in [1.807, 2.05) is 17.9 Å². The van der Waals surface area contributed by atoms with Gasteiger partial charge in [0.25, 0.3) is 5.91 Å². The molecule has 2 rings (SSSR count). The molecule has 1 aliphatic rings. The summed E-state index contributed by atoms with van der Waals surface area (Å²) in [5.74, 6) is 0.877. The molecule has 1 atom stereocenters. The second-order valence-electron chi connectivity index (χ2n) is 5.34. The molecule has 1 N–H and O–H groups in total. The van der Waals surface area contributed by atoms with Crippen LogP contribution in [0.3, 0.4) is 0 Å². The van der Waals surface area contributed by atoms with Gasteiger partial charge in [-0.15, -0.1) is 0 Å². The van der Waals surface area contributed by atoms with Crippen LogP contribution in [0.15, 0.2) is 16.7 Å². The molecule has 1 aromatic rings. The molecule has 1 saturated heterocycles. The van der Waals surface area contributed by atoms with Crippen molar-refractivity contribution in [1.82, 2.24) is 10.2 Å². The zero-order valence-corrected chi connectivity index (χ0v) is 11.9. The highest BCUT2D eigenvalue weighted by molar-refractivity contribution is 5.94. The van der Waals surface area contributed by atoms with Crippen molar-refractivity contribution < 1.29 is 9.21 Å². The van der Waals surface area contributed by atoms with Gasteiger partial charge in [-0.25, -0.2) is 0 Å². The fraction of sp³-hybridized carbons (Fsp3) is 0.667. The summed E-state index contributed by atoms with van der Waals surface area (Å²) in [6.45, 7) is 6.65. The summed E-state index contributed by atoms with van der Waals surface area (Å²) in [5, 5.41) is 3.50. The van der Waals surface area contributed by atoms with E-state index in [0.29, 0.717) is 11.6 Å². The summed E-state index contributed by atoms with van der Waals surface area (Å²) in [4.78, 5) is 14.4. The molecular formula is C15H24N2O2. The Morgan fingerprint density at radius 2 is 2.37 bits per heavy atom. The Hall–Kier alpha value is -1.29. The van der Waals surface area contributed by atoms with Gasteiger partial charge in [-0.2, -0.15) is 0 Å². The van der Waals surface area contributed by atoms with E-state index in [1.54, 1.807) is 6.26 Å². The van der Waals surface area contributed by atoms with Gasteiger partial charge in [-0.3, -0.25) is 4.79 Å². The van der Waals surface area contributed by atoms with Crippen molar-refractivity contribution in [3.05, 3.63) is 23.7 Å². The number of rotatable bonds is 5. The Morgan fingerprint density at radius 1 is 1.53 bits per heavy atom. The summed E-state index contributed by atoms with van der Waals surface area (Å²) in [6, 6.07) is 2.26. The molecule has 4 heteroatoms. The standard InChI is InChI=1S/C15H24N2O2/c1-3-8-17(10-14-6-4-5-7-16-14)15(18)13-9-12(2)19-11-13/h9,11,14,16H,3-8,10H2,1-2H3. The largest absolute Gasteiger partial charge is 0.469 e. The lowest BCUT2D eigenvalue weighted by Crippen LogP contribution is -2.46. The van der Waals surface area contributed by atoms with Gasteiger partial charge >= 0.3 is 0 Å². The maximum Gasteiger partial charge on any atom is 0.257 e. The van der Waals surface area contributed by atoms with Crippen LogP contribution in [0.2, 0.25) is 0 Å². The van der Waals surface area contributed by atoms with Crippen molar-refractivity contribution in [1.29, 1.82) is 0 Å². The van der Waals surface area contributed by atoms with E-state index in [2.05, 4.69) is 12.2 Å². The van der Waals surface area contributed by atoms with E-state index in [0.717, 1.165) is 38.2 Å². The molecule has 0 radical (unpaired) electrons. The number of piperidine rings is 1. The monoisotopic (exact) mass is 264 g/mol. The van der Waals surface area contributed by atoms with Gasteiger partial charge in [-0.1, -0.05) is 13.3 Å². The minimum absolute atomic E-state index is 0.0890. The van der Waals surface area contributed by atoms with Gasteiger partial charge in [0.15, 0.2) is 0 Å². The highest BCUT2D eigenvalue weighted by Crippen LogP contribution is 2.13. The Kier molecular flexibility index (Phi) is 5.02. The molecule has 19 heavy (non-hydrogen) atoms. The molecule has 1 unspecified atom stereocenters. The second kappa shape index (κ2) is 6.75. The second-order valence-corrected chi connectivity index (χ2v) is 5.34. The Morgan fingerprint density at radius 3 is 2.95 bits per heavy atom. The van der Waals surface area contributed by atoms with Crippen LogP contribution in [-0.4, -0.2) is 36.5 Å². The molecule has 0 spiro atoms. The smallest absolute Gasteiger partial charge is 0.257 e. The zero-order valence-electron chi connectivity index (χ0n) is 11.9. The summed E-state index contributed by atoms with van der Waals surface area (Å²) in [7, 11) is 0. The number of hydrogen-bond donors (Lipinski definition) is 1. The third kappa shape index (κ3) is 3.83. The lowest BCUT2D eigenvalue weighted by molar-refractivity contribution is 0.0731. The molecule has 1 aliphatic heterocycles. The Labute approximate surface area is 115 Å². The van der Waals surface area contributed by atoms with E-state index >= 15 is 0 Å². The SMILES string of the molecule is CCCN(CC1CCCCN1)C(=O)c1coc(C)c1. The number of hydrogen-bond acceptors (Lipinski definition) is 3. The van der Waals surface area contributed by atoms with Gasteiger partial charge in [0.1, 0.15) is 12.0 Å². The molecule has 1 aromatic heterocycles. The predicted molar refractivity (Wildman–Crippen MR) is 75.3 cm³/mol. The fourth-order valence-corrected chi connectivity index (χ4v) is 2.63. The summed E-state index contributed by atoms with van der Waals surface area (Å²) in [6.07, 6.45) is 6.22. The van der Waals surface area contributed by atoms with Gasteiger partial charge in [0.2, 0.25) is 0 Å². The number of furan rings is 1. The van der Waals surface area contributed by atoms with Crippen molar-refractivity contribution in [2.45, 2.75) is 45.6 Å². The molecular weight excluding hydrogens is 240 g/mol. The predicted octanol–water partition coefficient (Wildman–Crippen LogP) is 2.58. The van der Waals surface area contributed by atoms with Crippen molar-refractivity contribution in [2.75, 3.05) is 19.6 Å². The number of aryl methyl sites for hydroxylation is 1. The van der Waals surface area contributed by atoms with Gasteiger partial charge in [0, 0.05) is 19.1 Å². The summed E-state index contributed by atoms with van der Waals surface area (Å²) < 4.78 is 5.24. The molecule has 0 saturated carbocycles. The Bertz CT molecular complexity index is 408. The first-order valence-corrected chi connectivity index (χ1v) is 7.28. The topological polar surface area (TPSA) is 45.5 Å². The molecule has 1 fully saturated rings. The van der Waals surface area contributed by atoms with E-state index in [9.17, 15) is 4.79 Å². The third-order valence-electron chi connectivity index (χ3n) is 3.61. The van der Waals surface area contributed by atoms with Crippen LogP contribution in [0, 0.1) is 6.92 Å². The molecule has 0 aliphatic carbocycles. The summed E-state index contributed by atoms with van der Waals surface area (Å²) >= 11 is 0. The van der Waals surface area contributed by atoms with Crippen LogP contribution >= 0.6 is 0 Å². The molecule has 0 aromatic carbocycles. The first kappa shape index (κ1) is 14.1. The zero-order chi connectivity index (χ0) is 13.7. The van der Waals surface area contributed by atoms with Crippen LogP contribution in [0.4, 0.5) is 0 Å². The van der Waals surface area contributed by atoms with Crippen molar-refractivity contribution in [3.8, 4) is 0 Å². The number of amides is 1. The first-order chi connectivity index (χ1) is 9.20. The number of carbonyl (C=O) groups is 1. The molecule has 0 bridgehead atoms. The van der Waals surface area contributed by atoms with Crippen LogP contribution in [0.1, 0.15) is 48.7 Å². The lowest BCUT2D eigenvalue weighted by atomic mass is 10.0. The van der Waals surface area contributed by atoms with E-state index < -0.39 is 0 Å². The average Bonchev–Trinajstić information content (AvgIpc) is 2.85. The first-order valence-electron chi connectivity index (χ1n) is 7.28. The van der Waals surface area contributed by atoms with E-state index in [1.165, 1.54) is 12.8 Å². The summed E-state index contributed by atoms with van der Waals surface area (Å²) in [5.41, 5.74) is 0.668. The molecule has 106 valence electrons. The van der Waals surface area contributed by atoms with Gasteiger partial charge in [-0.05, 0) is 38.8 Å². The average molecular weight is 264 g/mol. The van der Waals surface area contributed by atoms with Crippen LogP contribution in [-0.2, 0) is 0 Å². The van der Waals surface area contributed by atoms with Crippen molar-refractivity contribution in [3.63, 3.8) is 0 Å². The third-order valence-corrected chi connectivity index (χ3v) is 3.61. The fourth-order valence-electron chi connectivity index (χ4n) is 2.63.